The van der Waals surface area contributed by atoms with E-state index >= 15 is 0 Å². The zero-order chi connectivity index (χ0) is 20.4. The van der Waals surface area contributed by atoms with Gasteiger partial charge in [0.2, 0.25) is 0 Å². The second-order valence-electron chi connectivity index (χ2n) is 5.73. The molecule has 10 heteroatoms. The van der Waals surface area contributed by atoms with Gasteiger partial charge in [-0.1, -0.05) is 29.3 Å². The largest absolute Gasteiger partial charge is 0.454 e. The maximum absolute atomic E-state index is 13.1. The minimum absolute atomic E-state index is 0.0241. The SMILES string of the molecule is O=C(COC(=O)CN1C(=O)c2cc(Cl)c(Cl)cc2C1=O)Nc1cccc(F)c1. The first kappa shape index (κ1) is 19.8. The summed E-state index contributed by atoms with van der Waals surface area (Å²) in [4.78, 5) is 49.0. The van der Waals surface area contributed by atoms with E-state index in [0.717, 1.165) is 6.07 Å². The van der Waals surface area contributed by atoms with Gasteiger partial charge >= 0.3 is 5.97 Å². The molecule has 7 nitrogen and oxygen atoms in total. The van der Waals surface area contributed by atoms with Gasteiger partial charge in [0.15, 0.2) is 6.61 Å². The summed E-state index contributed by atoms with van der Waals surface area (Å²) in [6.45, 7) is -1.36. The van der Waals surface area contributed by atoms with Gasteiger partial charge in [0.05, 0.1) is 21.2 Å². The van der Waals surface area contributed by atoms with E-state index in [1.165, 1.54) is 30.3 Å². The summed E-state index contributed by atoms with van der Waals surface area (Å²) in [6.07, 6.45) is 0. The van der Waals surface area contributed by atoms with Gasteiger partial charge in [0, 0.05) is 5.69 Å². The van der Waals surface area contributed by atoms with Crippen molar-refractivity contribution < 1.29 is 28.3 Å². The van der Waals surface area contributed by atoms with Gasteiger partial charge in [-0.15, -0.1) is 0 Å². The van der Waals surface area contributed by atoms with Crippen LogP contribution in [-0.2, 0) is 14.3 Å². The molecule has 28 heavy (non-hydrogen) atoms. The molecule has 1 aliphatic rings. The summed E-state index contributed by atoms with van der Waals surface area (Å²) in [5, 5.41) is 2.54. The van der Waals surface area contributed by atoms with E-state index in [1.54, 1.807) is 0 Å². The van der Waals surface area contributed by atoms with E-state index < -0.39 is 42.7 Å². The molecule has 0 atom stereocenters. The quantitative estimate of drug-likeness (QED) is 0.588. The Labute approximate surface area is 168 Å². The number of fused-ring (bicyclic) bond motifs is 1. The Morgan fingerprint density at radius 1 is 1.04 bits per heavy atom. The van der Waals surface area contributed by atoms with Gasteiger partial charge in [-0.25, -0.2) is 4.39 Å². The number of carbonyl (C=O) groups is 4. The lowest BCUT2D eigenvalue weighted by Crippen LogP contribution is -2.36. The number of hydrogen-bond donors (Lipinski definition) is 1. The van der Waals surface area contributed by atoms with Crippen molar-refractivity contribution >= 4 is 52.6 Å². The summed E-state index contributed by atoms with van der Waals surface area (Å²) in [5.74, 6) is -3.67. The van der Waals surface area contributed by atoms with E-state index in [9.17, 15) is 23.6 Å². The molecule has 144 valence electrons. The van der Waals surface area contributed by atoms with Crippen LogP contribution in [0.25, 0.3) is 0 Å². The Bertz CT molecular complexity index is 970. The predicted octanol–water partition coefficient (Wildman–Crippen LogP) is 2.91. The number of carbonyl (C=O) groups excluding carboxylic acids is 4. The Morgan fingerprint density at radius 3 is 2.21 bits per heavy atom. The molecule has 3 amide bonds. The first-order valence-electron chi connectivity index (χ1n) is 7.82. The van der Waals surface area contributed by atoms with Crippen molar-refractivity contribution in [3.8, 4) is 0 Å². The van der Waals surface area contributed by atoms with Crippen LogP contribution in [0.5, 0.6) is 0 Å². The Balaban J connectivity index is 1.57. The minimum Gasteiger partial charge on any atom is -0.454 e. The molecule has 2 aromatic rings. The highest BCUT2D eigenvalue weighted by molar-refractivity contribution is 6.43. The number of halogens is 3. The lowest BCUT2D eigenvalue weighted by atomic mass is 10.1. The van der Waals surface area contributed by atoms with Crippen LogP contribution >= 0.6 is 23.2 Å². The summed E-state index contributed by atoms with van der Waals surface area (Å²) in [5.41, 5.74) is 0.238. The van der Waals surface area contributed by atoms with Gasteiger partial charge < -0.3 is 10.1 Å². The number of esters is 1. The summed E-state index contributed by atoms with van der Waals surface area (Å²) in [6, 6.07) is 7.65. The van der Waals surface area contributed by atoms with Crippen LogP contribution in [0.3, 0.4) is 0 Å². The topological polar surface area (TPSA) is 92.8 Å². The number of nitrogens with zero attached hydrogens (tertiary/aromatic N) is 1. The third-order valence-electron chi connectivity index (χ3n) is 3.77. The van der Waals surface area contributed by atoms with Gasteiger partial charge in [0.25, 0.3) is 17.7 Å². The monoisotopic (exact) mass is 424 g/mol. The van der Waals surface area contributed by atoms with Crippen molar-refractivity contribution in [1.29, 1.82) is 0 Å². The first-order chi connectivity index (χ1) is 13.3. The van der Waals surface area contributed by atoms with Crippen LogP contribution in [0.1, 0.15) is 20.7 Å². The van der Waals surface area contributed by atoms with E-state index in [2.05, 4.69) is 5.32 Å². The average Bonchev–Trinajstić information content (AvgIpc) is 2.85. The molecular formula is C18H11Cl2FN2O5. The Kier molecular flexibility index (Phi) is 5.62. The second kappa shape index (κ2) is 7.95. The van der Waals surface area contributed by atoms with Crippen molar-refractivity contribution in [1.82, 2.24) is 4.90 Å². The van der Waals surface area contributed by atoms with Crippen molar-refractivity contribution in [3.63, 3.8) is 0 Å². The zero-order valence-electron chi connectivity index (χ0n) is 14.0. The maximum Gasteiger partial charge on any atom is 0.326 e. The van der Waals surface area contributed by atoms with Crippen molar-refractivity contribution in [2.75, 3.05) is 18.5 Å². The molecular weight excluding hydrogens is 414 g/mol. The van der Waals surface area contributed by atoms with Crippen molar-refractivity contribution in [3.05, 3.63) is 63.4 Å². The highest BCUT2D eigenvalue weighted by atomic mass is 35.5. The number of ether oxygens (including phenoxy) is 1. The molecule has 2 aromatic carbocycles. The van der Waals surface area contributed by atoms with Crippen LogP contribution < -0.4 is 5.32 Å². The van der Waals surface area contributed by atoms with Crippen LogP contribution in [-0.4, -0.2) is 41.7 Å². The van der Waals surface area contributed by atoms with E-state index in [4.69, 9.17) is 27.9 Å². The van der Waals surface area contributed by atoms with Gasteiger partial charge in [0.1, 0.15) is 12.4 Å². The fraction of sp³-hybridized carbons (Fsp3) is 0.111. The smallest absolute Gasteiger partial charge is 0.326 e. The number of hydrogen-bond acceptors (Lipinski definition) is 5. The van der Waals surface area contributed by atoms with Gasteiger partial charge in [-0.2, -0.15) is 0 Å². The molecule has 0 aliphatic carbocycles. The zero-order valence-corrected chi connectivity index (χ0v) is 15.5. The molecule has 0 bridgehead atoms. The fourth-order valence-electron chi connectivity index (χ4n) is 2.51. The number of anilines is 1. The van der Waals surface area contributed by atoms with E-state index in [0.29, 0.717) is 4.90 Å². The molecule has 0 unspecified atom stereocenters. The van der Waals surface area contributed by atoms with Crippen molar-refractivity contribution in [2.24, 2.45) is 0 Å². The molecule has 0 fully saturated rings. The molecule has 0 radical (unpaired) electrons. The first-order valence-corrected chi connectivity index (χ1v) is 8.58. The second-order valence-corrected chi connectivity index (χ2v) is 6.54. The van der Waals surface area contributed by atoms with Crippen LogP contribution in [0.4, 0.5) is 10.1 Å². The lowest BCUT2D eigenvalue weighted by Gasteiger charge is -2.13. The Hall–Kier alpha value is -2.97. The molecule has 0 spiro atoms. The normalized spacial score (nSPS) is 12.8. The molecule has 0 saturated heterocycles. The Morgan fingerprint density at radius 2 is 1.64 bits per heavy atom. The number of amides is 3. The molecule has 0 saturated carbocycles. The average molecular weight is 425 g/mol. The number of benzene rings is 2. The molecule has 1 N–H and O–H groups in total. The number of nitrogens with one attached hydrogen (secondary N) is 1. The van der Waals surface area contributed by atoms with Gasteiger partial charge in [-0.05, 0) is 30.3 Å². The fourth-order valence-corrected chi connectivity index (χ4v) is 2.84. The predicted molar refractivity (Wildman–Crippen MR) is 97.8 cm³/mol. The highest BCUT2D eigenvalue weighted by Gasteiger charge is 2.37. The summed E-state index contributed by atoms with van der Waals surface area (Å²) < 4.78 is 17.8. The molecule has 3 rings (SSSR count). The third kappa shape index (κ3) is 4.13. The third-order valence-corrected chi connectivity index (χ3v) is 4.49. The number of rotatable bonds is 5. The minimum atomic E-state index is -0.971. The number of imide groups is 1. The van der Waals surface area contributed by atoms with Crippen molar-refractivity contribution in [2.45, 2.75) is 0 Å². The van der Waals surface area contributed by atoms with Crippen LogP contribution in [0.15, 0.2) is 36.4 Å². The van der Waals surface area contributed by atoms with E-state index in [-0.39, 0.29) is 26.9 Å². The summed E-state index contributed by atoms with van der Waals surface area (Å²) >= 11 is 11.7. The van der Waals surface area contributed by atoms with Gasteiger partial charge in [-0.3, -0.25) is 24.1 Å². The molecule has 1 heterocycles. The molecule has 1 aliphatic heterocycles. The standard InChI is InChI=1S/C18H11Cl2FN2O5/c19-13-5-11-12(6-14(13)20)18(27)23(17(11)26)7-16(25)28-8-15(24)22-10-3-1-2-9(21)4-10/h1-6H,7-8H2,(H,22,24). The molecule has 0 aromatic heterocycles. The van der Waals surface area contributed by atoms with Crippen LogP contribution in [0.2, 0.25) is 10.0 Å². The van der Waals surface area contributed by atoms with E-state index in [1.807, 2.05) is 0 Å². The van der Waals surface area contributed by atoms with Crippen LogP contribution in [0, 0.1) is 5.82 Å². The lowest BCUT2D eigenvalue weighted by molar-refractivity contribution is -0.147. The maximum atomic E-state index is 13.1. The summed E-state index contributed by atoms with van der Waals surface area (Å²) in [7, 11) is 0. The highest BCUT2D eigenvalue weighted by Crippen LogP contribution is 2.31.